The summed E-state index contributed by atoms with van der Waals surface area (Å²) in [6, 6.07) is 61.3. The van der Waals surface area contributed by atoms with Gasteiger partial charge < -0.3 is 4.42 Å². The fourth-order valence-electron chi connectivity index (χ4n) is 7.38. The number of hydrogen-bond donors (Lipinski definition) is 0. The molecule has 0 saturated heterocycles. The predicted octanol–water partition coefficient (Wildman–Crippen LogP) is 11.3. The Morgan fingerprint density at radius 1 is 0.341 bits per heavy atom. The summed E-state index contributed by atoms with van der Waals surface area (Å²) in [5.74, 6) is 0. The van der Waals surface area contributed by atoms with Crippen LogP contribution in [0.2, 0.25) is 0 Å². The molecule has 0 amide bonds. The lowest BCUT2D eigenvalue weighted by Gasteiger charge is -2.33. The van der Waals surface area contributed by atoms with Crippen LogP contribution in [0.4, 0.5) is 0 Å². The monoisotopic (exact) mass is 560 g/mol. The molecule has 0 atom stereocenters. The molecule has 0 saturated carbocycles. The number of fused-ring (bicyclic) bond motifs is 6. The summed E-state index contributed by atoms with van der Waals surface area (Å²) < 4.78 is 6.70. The summed E-state index contributed by atoms with van der Waals surface area (Å²) in [6.45, 7) is 0. The van der Waals surface area contributed by atoms with E-state index >= 15 is 0 Å². The van der Waals surface area contributed by atoms with E-state index in [0.717, 1.165) is 27.5 Å². The van der Waals surface area contributed by atoms with Gasteiger partial charge in [-0.05, 0) is 79.9 Å². The maximum atomic E-state index is 6.70. The average molecular weight is 561 g/mol. The molecule has 1 aromatic heterocycles. The van der Waals surface area contributed by atoms with Gasteiger partial charge in [0.2, 0.25) is 0 Å². The standard InChI is InChI=1S/C43H28O/c1-4-12-29(13-5-1)30-20-22-31(23-21-30)32-24-25-36-38-27-37-35-18-10-11-19-39(35)43(33-14-6-2-7-15-33,34-16-8-3-9-17-34)40(37)28-42(38)44-41(36)26-32/h1-28H. The highest BCUT2D eigenvalue weighted by Gasteiger charge is 2.46. The lowest BCUT2D eigenvalue weighted by Crippen LogP contribution is -2.28. The molecule has 8 aromatic rings. The lowest BCUT2D eigenvalue weighted by molar-refractivity contribution is 0.666. The van der Waals surface area contributed by atoms with Gasteiger partial charge >= 0.3 is 0 Å². The predicted molar refractivity (Wildman–Crippen MR) is 182 cm³/mol. The van der Waals surface area contributed by atoms with E-state index in [-0.39, 0.29) is 0 Å². The van der Waals surface area contributed by atoms with E-state index in [9.17, 15) is 0 Å². The van der Waals surface area contributed by atoms with Gasteiger partial charge in [-0.1, -0.05) is 146 Å². The van der Waals surface area contributed by atoms with Crippen LogP contribution in [0.15, 0.2) is 174 Å². The number of hydrogen-bond acceptors (Lipinski definition) is 1. The molecule has 0 spiro atoms. The molecule has 9 rings (SSSR count). The summed E-state index contributed by atoms with van der Waals surface area (Å²) in [6.07, 6.45) is 0. The van der Waals surface area contributed by atoms with Crippen molar-refractivity contribution in [1.82, 2.24) is 0 Å². The van der Waals surface area contributed by atoms with E-state index in [1.807, 2.05) is 0 Å². The maximum absolute atomic E-state index is 6.70. The molecule has 0 fully saturated rings. The van der Waals surface area contributed by atoms with Gasteiger partial charge in [0.15, 0.2) is 0 Å². The molecule has 0 unspecified atom stereocenters. The first-order valence-electron chi connectivity index (χ1n) is 15.2. The van der Waals surface area contributed by atoms with Crippen LogP contribution in [0, 0.1) is 0 Å². The third kappa shape index (κ3) is 3.60. The Labute approximate surface area is 256 Å². The minimum atomic E-state index is -0.437. The van der Waals surface area contributed by atoms with Crippen LogP contribution in [0.1, 0.15) is 22.3 Å². The Morgan fingerprint density at radius 3 is 1.55 bits per heavy atom. The van der Waals surface area contributed by atoms with Crippen LogP contribution >= 0.6 is 0 Å². The SMILES string of the molecule is c1ccc(-c2ccc(-c3ccc4c(c3)oc3cc5c(cc34)-c3ccccc3C5(c3ccccc3)c3ccccc3)cc2)cc1. The molecule has 1 heteroatoms. The first-order chi connectivity index (χ1) is 21.8. The number of rotatable bonds is 4. The van der Waals surface area contributed by atoms with Crippen LogP contribution in [0.25, 0.3) is 55.3 Å². The highest BCUT2D eigenvalue weighted by Crippen LogP contribution is 2.57. The van der Waals surface area contributed by atoms with Gasteiger partial charge in [0.05, 0.1) is 5.41 Å². The van der Waals surface area contributed by atoms with Crippen LogP contribution in [-0.4, -0.2) is 0 Å². The van der Waals surface area contributed by atoms with Crippen molar-refractivity contribution in [2.24, 2.45) is 0 Å². The van der Waals surface area contributed by atoms with Gasteiger partial charge in [0, 0.05) is 10.8 Å². The van der Waals surface area contributed by atoms with Gasteiger partial charge in [0.1, 0.15) is 11.2 Å². The maximum Gasteiger partial charge on any atom is 0.136 e. The summed E-state index contributed by atoms with van der Waals surface area (Å²) in [5, 5.41) is 2.29. The minimum absolute atomic E-state index is 0.437. The van der Waals surface area contributed by atoms with Crippen molar-refractivity contribution in [3.05, 3.63) is 192 Å². The van der Waals surface area contributed by atoms with Crippen molar-refractivity contribution in [3.8, 4) is 33.4 Å². The molecule has 7 aromatic carbocycles. The zero-order valence-electron chi connectivity index (χ0n) is 24.1. The van der Waals surface area contributed by atoms with E-state index in [0.29, 0.717) is 0 Å². The topological polar surface area (TPSA) is 13.1 Å². The second kappa shape index (κ2) is 9.69. The molecule has 44 heavy (non-hydrogen) atoms. The Hall–Kier alpha value is -5.66. The molecule has 0 bridgehead atoms. The zero-order chi connectivity index (χ0) is 29.1. The van der Waals surface area contributed by atoms with Crippen molar-refractivity contribution in [3.63, 3.8) is 0 Å². The third-order valence-electron chi connectivity index (χ3n) is 9.38. The first kappa shape index (κ1) is 24.9. The summed E-state index contributed by atoms with van der Waals surface area (Å²) >= 11 is 0. The molecule has 0 N–H and O–H groups in total. The fraction of sp³-hybridized carbons (Fsp3) is 0.0233. The van der Waals surface area contributed by atoms with E-state index in [2.05, 4.69) is 170 Å². The van der Waals surface area contributed by atoms with Gasteiger partial charge in [-0.2, -0.15) is 0 Å². The molecule has 0 radical (unpaired) electrons. The van der Waals surface area contributed by atoms with Crippen LogP contribution in [0.5, 0.6) is 0 Å². The highest BCUT2D eigenvalue weighted by molar-refractivity contribution is 6.09. The Bertz CT molecular complexity index is 2250. The van der Waals surface area contributed by atoms with Crippen LogP contribution in [0.3, 0.4) is 0 Å². The quantitative estimate of drug-likeness (QED) is 0.209. The fourth-order valence-corrected chi connectivity index (χ4v) is 7.38. The van der Waals surface area contributed by atoms with Crippen molar-refractivity contribution in [2.75, 3.05) is 0 Å². The average Bonchev–Trinajstić information content (AvgIpc) is 3.61. The highest BCUT2D eigenvalue weighted by atomic mass is 16.3. The minimum Gasteiger partial charge on any atom is -0.456 e. The van der Waals surface area contributed by atoms with Crippen molar-refractivity contribution in [2.45, 2.75) is 5.41 Å². The van der Waals surface area contributed by atoms with Gasteiger partial charge in [-0.25, -0.2) is 0 Å². The van der Waals surface area contributed by atoms with Gasteiger partial charge in [-0.3, -0.25) is 0 Å². The zero-order valence-corrected chi connectivity index (χ0v) is 24.1. The Balaban J connectivity index is 1.24. The molecule has 0 aliphatic heterocycles. The van der Waals surface area contributed by atoms with E-state index in [4.69, 9.17) is 4.42 Å². The summed E-state index contributed by atoms with van der Waals surface area (Å²) in [7, 11) is 0. The molecule has 1 aliphatic carbocycles. The third-order valence-corrected chi connectivity index (χ3v) is 9.38. The normalized spacial score (nSPS) is 13.2. The Kier molecular flexibility index (Phi) is 5.48. The molecule has 1 heterocycles. The summed E-state index contributed by atoms with van der Waals surface area (Å²) in [5.41, 5.74) is 13.8. The molecule has 1 aliphatic rings. The van der Waals surface area contributed by atoms with E-state index in [1.54, 1.807) is 0 Å². The second-order valence-corrected chi connectivity index (χ2v) is 11.7. The van der Waals surface area contributed by atoms with Crippen molar-refractivity contribution >= 4 is 21.9 Å². The molecule has 206 valence electrons. The van der Waals surface area contributed by atoms with Crippen LogP contribution in [-0.2, 0) is 5.41 Å². The van der Waals surface area contributed by atoms with Gasteiger partial charge in [0.25, 0.3) is 0 Å². The molecule has 1 nitrogen and oxygen atoms in total. The van der Waals surface area contributed by atoms with Crippen LogP contribution < -0.4 is 0 Å². The molecular weight excluding hydrogens is 532 g/mol. The molecular formula is C43H28O. The summed E-state index contributed by atoms with van der Waals surface area (Å²) in [4.78, 5) is 0. The first-order valence-corrected chi connectivity index (χ1v) is 15.2. The number of furan rings is 1. The van der Waals surface area contributed by atoms with E-state index in [1.165, 1.54) is 50.1 Å². The second-order valence-electron chi connectivity index (χ2n) is 11.7. The number of benzene rings is 7. The van der Waals surface area contributed by atoms with Crippen molar-refractivity contribution < 1.29 is 4.42 Å². The lowest BCUT2D eigenvalue weighted by atomic mass is 9.67. The smallest absolute Gasteiger partial charge is 0.136 e. The largest absolute Gasteiger partial charge is 0.456 e. The van der Waals surface area contributed by atoms with E-state index < -0.39 is 5.41 Å². The Morgan fingerprint density at radius 2 is 0.864 bits per heavy atom. The van der Waals surface area contributed by atoms with Gasteiger partial charge in [-0.15, -0.1) is 0 Å². The van der Waals surface area contributed by atoms with Crippen molar-refractivity contribution in [1.29, 1.82) is 0 Å².